The van der Waals surface area contributed by atoms with Crippen LogP contribution >= 0.6 is 11.3 Å². The van der Waals surface area contributed by atoms with E-state index in [1.54, 1.807) is 0 Å². The summed E-state index contributed by atoms with van der Waals surface area (Å²) in [5, 5.41) is 0.557. The molecule has 2 fully saturated rings. The first-order valence-corrected chi connectivity index (χ1v) is 9.02. The third-order valence-electron chi connectivity index (χ3n) is 5.38. The molecule has 1 aromatic heterocycles. The normalized spacial score (nSPS) is 25.0. The maximum atomic E-state index is 13.0. The van der Waals surface area contributed by atoms with E-state index in [1.807, 2.05) is 24.0 Å². The number of anilines is 1. The highest BCUT2D eigenvalue weighted by atomic mass is 32.1. The summed E-state index contributed by atoms with van der Waals surface area (Å²) >= 11 is 1.45. The van der Waals surface area contributed by atoms with Crippen LogP contribution in [-0.2, 0) is 0 Å². The van der Waals surface area contributed by atoms with Crippen molar-refractivity contribution in [2.45, 2.75) is 38.3 Å². The van der Waals surface area contributed by atoms with E-state index in [9.17, 15) is 4.79 Å². The number of hydrogen-bond acceptors (Lipinski definition) is 5. The number of fused-ring (bicyclic) bond motifs is 3. The van der Waals surface area contributed by atoms with Crippen molar-refractivity contribution in [3.63, 3.8) is 0 Å². The van der Waals surface area contributed by atoms with Crippen molar-refractivity contribution in [2.75, 3.05) is 25.9 Å². The van der Waals surface area contributed by atoms with Gasteiger partial charge >= 0.3 is 0 Å². The summed E-state index contributed by atoms with van der Waals surface area (Å²) in [6.45, 7) is 3.69. The van der Waals surface area contributed by atoms with Gasteiger partial charge in [0, 0.05) is 30.7 Å². The van der Waals surface area contributed by atoms with Crippen molar-refractivity contribution in [1.82, 2.24) is 14.8 Å². The van der Waals surface area contributed by atoms with Crippen LogP contribution in [0.1, 0.15) is 35.2 Å². The molecule has 0 radical (unpaired) electrons. The molecule has 1 aromatic carbocycles. The van der Waals surface area contributed by atoms with Gasteiger partial charge in [0.1, 0.15) is 0 Å². The summed E-state index contributed by atoms with van der Waals surface area (Å²) in [5.41, 5.74) is 8.51. The van der Waals surface area contributed by atoms with Crippen molar-refractivity contribution in [1.29, 1.82) is 0 Å². The average molecular weight is 330 g/mol. The van der Waals surface area contributed by atoms with Crippen molar-refractivity contribution in [3.8, 4) is 0 Å². The highest BCUT2D eigenvalue weighted by molar-refractivity contribution is 7.22. The van der Waals surface area contributed by atoms with E-state index in [0.717, 1.165) is 40.9 Å². The Labute approximate surface area is 140 Å². The lowest BCUT2D eigenvalue weighted by Gasteiger charge is -2.26. The summed E-state index contributed by atoms with van der Waals surface area (Å²) in [6.07, 6.45) is 3.55. The molecule has 1 amide bonds. The molecule has 2 atom stereocenters. The molecule has 2 aliphatic heterocycles. The van der Waals surface area contributed by atoms with Crippen LogP contribution in [0.25, 0.3) is 10.2 Å². The van der Waals surface area contributed by atoms with Gasteiger partial charge in [-0.1, -0.05) is 11.3 Å². The van der Waals surface area contributed by atoms with Gasteiger partial charge in [-0.25, -0.2) is 4.98 Å². The van der Waals surface area contributed by atoms with Gasteiger partial charge in [0.05, 0.1) is 10.2 Å². The van der Waals surface area contributed by atoms with E-state index < -0.39 is 0 Å². The minimum atomic E-state index is 0.142. The van der Waals surface area contributed by atoms with E-state index in [-0.39, 0.29) is 5.91 Å². The number of thiazole rings is 1. The third-order valence-corrected chi connectivity index (χ3v) is 6.22. The number of rotatable bonds is 1. The molecule has 0 unspecified atom stereocenters. The minimum absolute atomic E-state index is 0.142. The Hall–Kier alpha value is -1.66. The first kappa shape index (κ1) is 14.9. The van der Waals surface area contributed by atoms with Gasteiger partial charge in [0.15, 0.2) is 5.13 Å². The number of aromatic nitrogens is 1. The molecule has 3 heterocycles. The van der Waals surface area contributed by atoms with Gasteiger partial charge in [-0.3, -0.25) is 9.69 Å². The Bertz CT molecular complexity index is 771. The summed E-state index contributed by atoms with van der Waals surface area (Å²) in [5.74, 6) is 0.142. The zero-order valence-corrected chi connectivity index (χ0v) is 14.4. The number of aryl methyl sites for hydroxylation is 1. The molecule has 4 rings (SSSR count). The number of carbonyl (C=O) groups excluding carboxylic acids is 1. The second kappa shape index (κ2) is 5.46. The van der Waals surface area contributed by atoms with Gasteiger partial charge in [-0.2, -0.15) is 0 Å². The molecule has 2 aromatic rings. The van der Waals surface area contributed by atoms with Crippen LogP contribution in [0.5, 0.6) is 0 Å². The van der Waals surface area contributed by atoms with E-state index in [4.69, 9.17) is 5.73 Å². The first-order chi connectivity index (χ1) is 11.0. The number of likely N-dealkylation sites (N-methyl/N-ethyl adjacent to an activating group) is 1. The standard InChI is InChI=1S/C17H22N4OS/c1-10-7-11(8-14-15(10)19-17(18)23-14)16(22)21-6-5-12-3-4-13(9-21)20(12)2/h7-8,12-13H,3-6,9H2,1-2H3,(H2,18,19)/t12-,13+/m1/s1. The SMILES string of the molecule is Cc1cc(C(=O)N2CC[C@H]3CC[C@@H](C2)N3C)cc2sc(N)nc12. The highest BCUT2D eigenvalue weighted by Gasteiger charge is 2.36. The average Bonchev–Trinajstić information content (AvgIpc) is 2.98. The fourth-order valence-electron chi connectivity index (χ4n) is 4.01. The van der Waals surface area contributed by atoms with Crippen molar-refractivity contribution in [3.05, 3.63) is 23.3 Å². The Kier molecular flexibility index (Phi) is 3.54. The molecule has 2 bridgehead atoms. The molecule has 0 spiro atoms. The minimum Gasteiger partial charge on any atom is -0.375 e. The second-order valence-electron chi connectivity index (χ2n) is 6.78. The monoisotopic (exact) mass is 330 g/mol. The molecular formula is C17H22N4OS. The quantitative estimate of drug-likeness (QED) is 0.872. The van der Waals surface area contributed by atoms with Crippen LogP contribution in [0.2, 0.25) is 0 Å². The maximum absolute atomic E-state index is 13.0. The number of nitrogen functional groups attached to an aromatic ring is 1. The molecule has 2 saturated heterocycles. The Morgan fingerprint density at radius 1 is 1.30 bits per heavy atom. The largest absolute Gasteiger partial charge is 0.375 e. The third kappa shape index (κ3) is 2.50. The van der Waals surface area contributed by atoms with E-state index in [1.165, 1.54) is 24.2 Å². The zero-order valence-electron chi connectivity index (χ0n) is 13.6. The number of benzene rings is 1. The fourth-order valence-corrected chi connectivity index (χ4v) is 4.86. The topological polar surface area (TPSA) is 62.5 Å². The number of nitrogens with two attached hydrogens (primary N) is 1. The summed E-state index contributed by atoms with van der Waals surface area (Å²) in [7, 11) is 2.20. The van der Waals surface area contributed by atoms with Crippen LogP contribution in [-0.4, -0.2) is 52.9 Å². The van der Waals surface area contributed by atoms with Gasteiger partial charge in [-0.05, 0) is 50.9 Å². The van der Waals surface area contributed by atoms with Crippen molar-refractivity contribution in [2.24, 2.45) is 0 Å². The molecule has 6 heteroatoms. The number of likely N-dealkylation sites (tertiary alicyclic amines) is 1. The lowest BCUT2D eigenvalue weighted by Crippen LogP contribution is -2.39. The Balaban J connectivity index is 1.64. The van der Waals surface area contributed by atoms with Gasteiger partial charge in [0.2, 0.25) is 0 Å². The molecule has 2 N–H and O–H groups in total. The highest BCUT2D eigenvalue weighted by Crippen LogP contribution is 2.31. The number of hydrogen-bond donors (Lipinski definition) is 1. The lowest BCUT2D eigenvalue weighted by atomic mass is 10.1. The number of carbonyl (C=O) groups is 1. The van der Waals surface area contributed by atoms with E-state index >= 15 is 0 Å². The summed E-state index contributed by atoms with van der Waals surface area (Å²) in [4.78, 5) is 21.8. The van der Waals surface area contributed by atoms with Crippen molar-refractivity contribution >= 4 is 32.6 Å². The van der Waals surface area contributed by atoms with Crippen molar-refractivity contribution < 1.29 is 4.79 Å². The summed E-state index contributed by atoms with van der Waals surface area (Å²) < 4.78 is 0.999. The Morgan fingerprint density at radius 3 is 2.91 bits per heavy atom. The molecule has 2 aliphatic rings. The van der Waals surface area contributed by atoms with Gasteiger partial charge in [0.25, 0.3) is 5.91 Å². The molecule has 0 aliphatic carbocycles. The fraction of sp³-hybridized carbons (Fsp3) is 0.529. The predicted molar refractivity (Wildman–Crippen MR) is 93.9 cm³/mol. The van der Waals surface area contributed by atoms with Crippen LogP contribution in [0, 0.1) is 6.92 Å². The Morgan fingerprint density at radius 2 is 2.09 bits per heavy atom. The van der Waals surface area contributed by atoms with Gasteiger partial charge in [-0.15, -0.1) is 0 Å². The summed E-state index contributed by atoms with van der Waals surface area (Å²) in [6, 6.07) is 5.06. The molecular weight excluding hydrogens is 308 g/mol. The zero-order chi connectivity index (χ0) is 16.1. The smallest absolute Gasteiger partial charge is 0.253 e. The van der Waals surface area contributed by atoms with Crippen LogP contribution in [0.15, 0.2) is 12.1 Å². The second-order valence-corrected chi connectivity index (χ2v) is 7.84. The molecule has 122 valence electrons. The number of amides is 1. The van der Waals surface area contributed by atoms with Crippen LogP contribution in [0.4, 0.5) is 5.13 Å². The molecule has 0 saturated carbocycles. The van der Waals surface area contributed by atoms with E-state index in [2.05, 4.69) is 16.9 Å². The van der Waals surface area contributed by atoms with E-state index in [0.29, 0.717) is 17.2 Å². The molecule has 5 nitrogen and oxygen atoms in total. The van der Waals surface area contributed by atoms with Crippen LogP contribution < -0.4 is 5.73 Å². The van der Waals surface area contributed by atoms with Crippen LogP contribution in [0.3, 0.4) is 0 Å². The predicted octanol–water partition coefficient (Wildman–Crippen LogP) is 2.50. The number of nitrogens with zero attached hydrogens (tertiary/aromatic N) is 3. The van der Waals surface area contributed by atoms with Gasteiger partial charge < -0.3 is 10.6 Å². The lowest BCUT2D eigenvalue weighted by molar-refractivity contribution is 0.0740. The molecule has 23 heavy (non-hydrogen) atoms. The maximum Gasteiger partial charge on any atom is 0.253 e. The first-order valence-electron chi connectivity index (χ1n) is 8.21.